The van der Waals surface area contributed by atoms with E-state index >= 15 is 0 Å². The monoisotopic (exact) mass is 401 g/mol. The highest BCUT2D eigenvalue weighted by Crippen LogP contribution is 2.42. The summed E-state index contributed by atoms with van der Waals surface area (Å²) in [5.41, 5.74) is 11.3. The average Bonchev–Trinajstić information content (AvgIpc) is 3.08. The van der Waals surface area contributed by atoms with Gasteiger partial charge in [-0.05, 0) is 69.2 Å². The van der Waals surface area contributed by atoms with Gasteiger partial charge in [0.1, 0.15) is 0 Å². The Balaban J connectivity index is 1.97. The molecule has 0 aliphatic heterocycles. The van der Waals surface area contributed by atoms with E-state index in [1.54, 1.807) is 0 Å². The molecule has 152 valence electrons. The third-order valence-electron chi connectivity index (χ3n) is 6.01. The van der Waals surface area contributed by atoms with Crippen LogP contribution < -0.4 is 0 Å². The third-order valence-corrected chi connectivity index (χ3v) is 6.01. The molecule has 5 aromatic rings. The molecule has 0 bridgehead atoms. The number of rotatable bonds is 3. The van der Waals surface area contributed by atoms with Gasteiger partial charge in [0.15, 0.2) is 0 Å². The van der Waals surface area contributed by atoms with Crippen LogP contribution in [0.15, 0.2) is 91.0 Å². The zero-order valence-electron chi connectivity index (χ0n) is 18.6. The van der Waals surface area contributed by atoms with Gasteiger partial charge in [-0.1, -0.05) is 82.9 Å². The van der Waals surface area contributed by atoms with Crippen LogP contribution in [0.5, 0.6) is 0 Å². The topological polar surface area (TPSA) is 4.93 Å². The second-order valence-corrected chi connectivity index (χ2v) is 8.66. The minimum absolute atomic E-state index is 1.19. The van der Waals surface area contributed by atoms with Crippen LogP contribution in [0.2, 0.25) is 0 Å². The predicted molar refractivity (Wildman–Crippen MR) is 133 cm³/mol. The second kappa shape index (κ2) is 7.59. The second-order valence-electron chi connectivity index (χ2n) is 8.66. The minimum atomic E-state index is 1.19. The summed E-state index contributed by atoms with van der Waals surface area (Å²) in [6, 6.07) is 33.4. The largest absolute Gasteiger partial charge is 0.308 e. The molecule has 0 N–H and O–H groups in total. The van der Waals surface area contributed by atoms with E-state index in [1.807, 2.05) is 0 Å². The molecule has 1 nitrogen and oxygen atoms in total. The first kappa shape index (κ1) is 19.4. The van der Waals surface area contributed by atoms with Gasteiger partial charge >= 0.3 is 0 Å². The quantitative estimate of drug-likeness (QED) is 0.287. The number of aromatic nitrogens is 1. The van der Waals surface area contributed by atoms with Gasteiger partial charge in [0.05, 0.1) is 11.4 Å². The SMILES string of the molecule is Cc1ccc(-n2c(-c3cccc(C)c3)c3ccc(C)cc3c2-c2cccc(C)c2)cc1. The van der Waals surface area contributed by atoms with Crippen LogP contribution in [0.3, 0.4) is 0 Å². The summed E-state index contributed by atoms with van der Waals surface area (Å²) >= 11 is 0. The van der Waals surface area contributed by atoms with Gasteiger partial charge in [-0.25, -0.2) is 0 Å². The molecule has 1 aromatic heterocycles. The highest BCUT2D eigenvalue weighted by molar-refractivity contribution is 6.06. The van der Waals surface area contributed by atoms with Gasteiger partial charge in [0, 0.05) is 16.5 Å². The molecule has 5 rings (SSSR count). The molecule has 0 saturated heterocycles. The van der Waals surface area contributed by atoms with Gasteiger partial charge in [-0.3, -0.25) is 0 Å². The molecule has 0 aliphatic carbocycles. The molecule has 1 heteroatoms. The number of aryl methyl sites for hydroxylation is 4. The lowest BCUT2D eigenvalue weighted by Crippen LogP contribution is -2.00. The summed E-state index contributed by atoms with van der Waals surface area (Å²) in [7, 11) is 0. The molecule has 0 spiro atoms. The fourth-order valence-electron chi connectivity index (χ4n) is 4.52. The fourth-order valence-corrected chi connectivity index (χ4v) is 4.52. The van der Waals surface area contributed by atoms with Gasteiger partial charge in [0.25, 0.3) is 0 Å². The van der Waals surface area contributed by atoms with E-state index in [4.69, 9.17) is 0 Å². The van der Waals surface area contributed by atoms with Crippen molar-refractivity contribution < 1.29 is 0 Å². The van der Waals surface area contributed by atoms with E-state index in [1.165, 1.54) is 61.2 Å². The Labute approximate surface area is 184 Å². The molecule has 0 unspecified atom stereocenters. The zero-order chi connectivity index (χ0) is 21.5. The molecule has 0 amide bonds. The van der Waals surface area contributed by atoms with Crippen LogP contribution in [0.25, 0.3) is 39.0 Å². The summed E-state index contributed by atoms with van der Waals surface area (Å²) in [5, 5.41) is 2.58. The normalized spacial score (nSPS) is 11.2. The van der Waals surface area contributed by atoms with E-state index < -0.39 is 0 Å². The maximum Gasteiger partial charge on any atom is 0.0613 e. The number of fused-ring (bicyclic) bond motifs is 1. The zero-order valence-corrected chi connectivity index (χ0v) is 18.6. The van der Waals surface area contributed by atoms with Crippen molar-refractivity contribution in [1.82, 2.24) is 4.57 Å². The molecule has 0 fully saturated rings. The molecule has 4 aromatic carbocycles. The first-order valence-electron chi connectivity index (χ1n) is 10.9. The summed E-state index contributed by atoms with van der Waals surface area (Å²) in [6.45, 7) is 8.64. The third kappa shape index (κ3) is 3.47. The van der Waals surface area contributed by atoms with E-state index in [-0.39, 0.29) is 0 Å². The maximum absolute atomic E-state index is 2.45. The summed E-state index contributed by atoms with van der Waals surface area (Å²) in [6.07, 6.45) is 0. The van der Waals surface area contributed by atoms with Crippen LogP contribution in [-0.2, 0) is 0 Å². The van der Waals surface area contributed by atoms with Gasteiger partial charge in [-0.15, -0.1) is 0 Å². The van der Waals surface area contributed by atoms with E-state index in [0.29, 0.717) is 0 Å². The molecule has 1 heterocycles. The molecule has 0 radical (unpaired) electrons. The van der Waals surface area contributed by atoms with Crippen molar-refractivity contribution in [3.8, 4) is 28.2 Å². The van der Waals surface area contributed by atoms with Gasteiger partial charge < -0.3 is 4.57 Å². The van der Waals surface area contributed by atoms with Crippen molar-refractivity contribution in [2.45, 2.75) is 27.7 Å². The van der Waals surface area contributed by atoms with Crippen molar-refractivity contribution in [1.29, 1.82) is 0 Å². The Morgan fingerprint density at radius 2 is 0.968 bits per heavy atom. The number of nitrogens with zero attached hydrogens (tertiary/aromatic N) is 1. The molecular formula is C30H27N. The smallest absolute Gasteiger partial charge is 0.0613 e. The lowest BCUT2D eigenvalue weighted by molar-refractivity contribution is 1.10. The molecule has 0 atom stereocenters. The molecular weight excluding hydrogens is 374 g/mol. The van der Waals surface area contributed by atoms with Gasteiger partial charge in [-0.2, -0.15) is 0 Å². The van der Waals surface area contributed by atoms with Crippen molar-refractivity contribution >= 4 is 10.8 Å². The lowest BCUT2D eigenvalue weighted by Gasteiger charge is -2.16. The Bertz CT molecular complexity index is 1400. The van der Waals surface area contributed by atoms with Crippen molar-refractivity contribution in [2.75, 3.05) is 0 Å². The average molecular weight is 402 g/mol. The standard InChI is InChI=1S/C30H27N/c1-20-11-14-26(15-12-20)31-29(24-9-5-7-21(2)17-24)27-16-13-23(4)19-28(27)30(31)25-10-6-8-22(3)18-25/h5-19H,1-4H3. The Hall–Kier alpha value is -3.58. The molecule has 0 saturated carbocycles. The van der Waals surface area contributed by atoms with Crippen molar-refractivity contribution in [3.05, 3.63) is 113 Å². The fraction of sp³-hybridized carbons (Fsp3) is 0.133. The highest BCUT2D eigenvalue weighted by Gasteiger charge is 2.21. The number of hydrogen-bond donors (Lipinski definition) is 0. The first-order valence-corrected chi connectivity index (χ1v) is 10.9. The summed E-state index contributed by atoms with van der Waals surface area (Å²) < 4.78 is 2.45. The van der Waals surface area contributed by atoms with Crippen LogP contribution in [0.4, 0.5) is 0 Å². The van der Waals surface area contributed by atoms with Crippen molar-refractivity contribution in [2.24, 2.45) is 0 Å². The van der Waals surface area contributed by atoms with Gasteiger partial charge in [0.2, 0.25) is 0 Å². The van der Waals surface area contributed by atoms with Crippen LogP contribution >= 0.6 is 0 Å². The Morgan fingerprint density at radius 1 is 0.452 bits per heavy atom. The Morgan fingerprint density at radius 3 is 1.55 bits per heavy atom. The minimum Gasteiger partial charge on any atom is -0.308 e. The number of benzene rings is 4. The van der Waals surface area contributed by atoms with E-state index in [2.05, 4.69) is 123 Å². The van der Waals surface area contributed by atoms with E-state index in [0.717, 1.165) is 0 Å². The summed E-state index contributed by atoms with van der Waals surface area (Å²) in [5.74, 6) is 0. The van der Waals surface area contributed by atoms with Crippen LogP contribution in [-0.4, -0.2) is 4.57 Å². The molecule has 31 heavy (non-hydrogen) atoms. The predicted octanol–water partition coefficient (Wildman–Crippen LogP) is 8.20. The maximum atomic E-state index is 2.45. The first-order chi connectivity index (χ1) is 15.0. The Kier molecular flexibility index (Phi) is 4.75. The van der Waals surface area contributed by atoms with Crippen LogP contribution in [0.1, 0.15) is 22.3 Å². The lowest BCUT2D eigenvalue weighted by atomic mass is 10.0. The van der Waals surface area contributed by atoms with Crippen LogP contribution in [0, 0.1) is 27.7 Å². The molecule has 0 aliphatic rings. The summed E-state index contributed by atoms with van der Waals surface area (Å²) in [4.78, 5) is 0. The van der Waals surface area contributed by atoms with Crippen molar-refractivity contribution in [3.63, 3.8) is 0 Å². The highest BCUT2D eigenvalue weighted by atomic mass is 15.0. The number of hydrogen-bond acceptors (Lipinski definition) is 0. The van der Waals surface area contributed by atoms with E-state index in [9.17, 15) is 0 Å².